The smallest absolute Gasteiger partial charge is 0.177 e. The third kappa shape index (κ3) is 2.23. The number of Topliss-reactive ketones (excluding diaryl/α,β-unsaturated/α-hetero) is 1. The van der Waals surface area contributed by atoms with Gasteiger partial charge in [-0.2, -0.15) is 0 Å². The lowest BCUT2D eigenvalue weighted by atomic mass is 10.0. The van der Waals surface area contributed by atoms with E-state index in [-0.39, 0.29) is 23.5 Å². The molecular weight excluding hydrogens is 185 g/mol. The van der Waals surface area contributed by atoms with Gasteiger partial charge < -0.3 is 5.32 Å². The van der Waals surface area contributed by atoms with Gasteiger partial charge in [-0.3, -0.25) is 9.59 Å². The number of nitrogens with one attached hydrogen (secondary N) is 1. The topological polar surface area (TPSA) is 46.2 Å². The van der Waals surface area contributed by atoms with Gasteiger partial charge in [0.25, 0.3) is 0 Å². The standard InChI is InChI=1S/C10H10FNO2/c1-12-5-10(14)9-3-2-8(11)4-7(9)6-13/h2-4,6,12H,5H2,1H3. The number of hydrogen-bond acceptors (Lipinski definition) is 3. The van der Waals surface area contributed by atoms with Crippen molar-refractivity contribution in [3.05, 3.63) is 35.1 Å². The first-order valence-corrected chi connectivity index (χ1v) is 4.11. The Morgan fingerprint density at radius 1 is 1.57 bits per heavy atom. The lowest BCUT2D eigenvalue weighted by molar-refractivity contribution is 0.0986. The molecule has 0 aliphatic carbocycles. The molecule has 0 heterocycles. The van der Waals surface area contributed by atoms with Crippen LogP contribution in [0.5, 0.6) is 0 Å². The van der Waals surface area contributed by atoms with Crippen LogP contribution in [0, 0.1) is 5.82 Å². The molecule has 1 aromatic rings. The molecule has 0 spiro atoms. The minimum absolute atomic E-state index is 0.0882. The van der Waals surface area contributed by atoms with E-state index in [1.807, 2.05) is 0 Å². The Morgan fingerprint density at radius 2 is 2.29 bits per heavy atom. The molecule has 74 valence electrons. The van der Waals surface area contributed by atoms with Gasteiger partial charge in [0.1, 0.15) is 5.82 Å². The van der Waals surface area contributed by atoms with Crippen LogP contribution in [-0.2, 0) is 0 Å². The molecular formula is C10H10FNO2. The maximum atomic E-state index is 12.7. The fraction of sp³-hybridized carbons (Fsp3) is 0.200. The van der Waals surface area contributed by atoms with Gasteiger partial charge in [0.05, 0.1) is 6.54 Å². The van der Waals surface area contributed by atoms with Crippen molar-refractivity contribution in [1.29, 1.82) is 0 Å². The summed E-state index contributed by atoms with van der Waals surface area (Å²) >= 11 is 0. The number of rotatable bonds is 4. The molecule has 0 aliphatic rings. The summed E-state index contributed by atoms with van der Waals surface area (Å²) in [5.74, 6) is -0.747. The maximum absolute atomic E-state index is 12.7. The second-order valence-electron chi connectivity index (χ2n) is 2.80. The monoisotopic (exact) mass is 195 g/mol. The van der Waals surface area contributed by atoms with Crippen molar-refractivity contribution in [2.24, 2.45) is 0 Å². The molecule has 0 bridgehead atoms. The highest BCUT2D eigenvalue weighted by atomic mass is 19.1. The van der Waals surface area contributed by atoms with E-state index in [9.17, 15) is 14.0 Å². The van der Waals surface area contributed by atoms with E-state index in [2.05, 4.69) is 5.32 Å². The van der Waals surface area contributed by atoms with Crippen LogP contribution < -0.4 is 5.32 Å². The molecule has 0 unspecified atom stereocenters. The van der Waals surface area contributed by atoms with E-state index in [0.29, 0.717) is 6.29 Å². The van der Waals surface area contributed by atoms with Crippen LogP contribution in [0.15, 0.2) is 18.2 Å². The lowest BCUT2D eigenvalue weighted by Crippen LogP contribution is -2.19. The summed E-state index contributed by atoms with van der Waals surface area (Å²) in [7, 11) is 1.63. The van der Waals surface area contributed by atoms with Crippen molar-refractivity contribution in [2.45, 2.75) is 0 Å². The fourth-order valence-electron chi connectivity index (χ4n) is 1.14. The van der Waals surface area contributed by atoms with Gasteiger partial charge >= 0.3 is 0 Å². The normalized spacial score (nSPS) is 9.86. The molecule has 0 saturated heterocycles. The zero-order valence-electron chi connectivity index (χ0n) is 7.71. The molecule has 0 aliphatic heterocycles. The summed E-state index contributed by atoms with van der Waals surface area (Å²) in [6.45, 7) is 0.131. The zero-order chi connectivity index (χ0) is 10.6. The molecule has 14 heavy (non-hydrogen) atoms. The van der Waals surface area contributed by atoms with Crippen molar-refractivity contribution in [1.82, 2.24) is 5.32 Å². The number of hydrogen-bond donors (Lipinski definition) is 1. The third-order valence-corrected chi connectivity index (χ3v) is 1.78. The first kappa shape index (κ1) is 10.5. The van der Waals surface area contributed by atoms with E-state index in [0.717, 1.165) is 12.1 Å². The van der Waals surface area contributed by atoms with Crippen LogP contribution in [0.25, 0.3) is 0 Å². The second kappa shape index (κ2) is 4.62. The minimum atomic E-state index is -0.520. The van der Waals surface area contributed by atoms with Gasteiger partial charge in [0, 0.05) is 11.1 Å². The summed E-state index contributed by atoms with van der Waals surface area (Å²) in [5.41, 5.74) is 0.334. The van der Waals surface area contributed by atoms with Crippen molar-refractivity contribution in [3.63, 3.8) is 0 Å². The summed E-state index contributed by atoms with van der Waals surface area (Å²) in [6.07, 6.45) is 0.478. The quantitative estimate of drug-likeness (QED) is 0.576. The highest BCUT2D eigenvalue weighted by Gasteiger charge is 2.10. The van der Waals surface area contributed by atoms with Gasteiger partial charge in [-0.25, -0.2) is 4.39 Å². The Balaban J connectivity index is 3.07. The highest BCUT2D eigenvalue weighted by molar-refractivity contribution is 6.03. The number of ketones is 1. The SMILES string of the molecule is CNCC(=O)c1ccc(F)cc1C=O. The van der Waals surface area contributed by atoms with Gasteiger partial charge in [-0.1, -0.05) is 0 Å². The molecule has 0 fully saturated rings. The summed E-state index contributed by atoms with van der Waals surface area (Å²) in [4.78, 5) is 21.9. The first-order valence-electron chi connectivity index (χ1n) is 4.11. The number of halogens is 1. The van der Waals surface area contributed by atoms with Gasteiger partial charge in [0.2, 0.25) is 0 Å². The van der Waals surface area contributed by atoms with Crippen molar-refractivity contribution < 1.29 is 14.0 Å². The van der Waals surface area contributed by atoms with Crippen LogP contribution >= 0.6 is 0 Å². The molecule has 0 atom stereocenters. The summed E-state index contributed by atoms with van der Waals surface area (Å²) in [5, 5.41) is 2.67. The van der Waals surface area contributed by atoms with Gasteiger partial charge in [-0.15, -0.1) is 0 Å². The van der Waals surface area contributed by atoms with Crippen molar-refractivity contribution >= 4 is 12.1 Å². The summed E-state index contributed by atoms with van der Waals surface area (Å²) < 4.78 is 12.7. The van der Waals surface area contributed by atoms with Gasteiger partial charge in [0.15, 0.2) is 12.1 Å². The average molecular weight is 195 g/mol. The Kier molecular flexibility index (Phi) is 3.48. The second-order valence-corrected chi connectivity index (χ2v) is 2.80. The van der Waals surface area contributed by atoms with Crippen molar-refractivity contribution in [3.8, 4) is 0 Å². The number of likely N-dealkylation sites (N-methyl/N-ethyl adjacent to an activating group) is 1. The zero-order valence-corrected chi connectivity index (χ0v) is 7.71. The Hall–Kier alpha value is -1.55. The van der Waals surface area contributed by atoms with E-state index < -0.39 is 5.82 Å². The molecule has 0 aromatic heterocycles. The molecule has 4 heteroatoms. The first-order chi connectivity index (χ1) is 6.69. The van der Waals surface area contributed by atoms with Crippen LogP contribution in [0.3, 0.4) is 0 Å². The van der Waals surface area contributed by atoms with E-state index in [4.69, 9.17) is 0 Å². The molecule has 1 rings (SSSR count). The molecule has 1 N–H and O–H groups in total. The lowest BCUT2D eigenvalue weighted by Gasteiger charge is -2.02. The predicted molar refractivity (Wildman–Crippen MR) is 50.0 cm³/mol. The Morgan fingerprint density at radius 3 is 2.86 bits per heavy atom. The van der Waals surface area contributed by atoms with E-state index in [1.54, 1.807) is 7.05 Å². The van der Waals surface area contributed by atoms with Crippen LogP contribution in [0.4, 0.5) is 4.39 Å². The Bertz CT molecular complexity index is 363. The number of carbonyl (C=O) groups excluding carboxylic acids is 2. The van der Waals surface area contributed by atoms with Crippen molar-refractivity contribution in [2.75, 3.05) is 13.6 Å². The van der Waals surface area contributed by atoms with E-state index >= 15 is 0 Å². The third-order valence-electron chi connectivity index (χ3n) is 1.78. The maximum Gasteiger partial charge on any atom is 0.177 e. The predicted octanol–water partition coefficient (Wildman–Crippen LogP) is 1.04. The van der Waals surface area contributed by atoms with Gasteiger partial charge in [-0.05, 0) is 25.2 Å². The average Bonchev–Trinajstić information content (AvgIpc) is 2.17. The number of aldehydes is 1. The molecule has 0 radical (unpaired) electrons. The fourth-order valence-corrected chi connectivity index (χ4v) is 1.14. The van der Waals surface area contributed by atoms with Crippen LogP contribution in [-0.4, -0.2) is 25.7 Å². The van der Waals surface area contributed by atoms with E-state index in [1.165, 1.54) is 6.07 Å². The molecule has 3 nitrogen and oxygen atoms in total. The Labute approximate surface area is 80.9 Å². The number of carbonyl (C=O) groups is 2. The molecule has 1 aromatic carbocycles. The highest BCUT2D eigenvalue weighted by Crippen LogP contribution is 2.09. The minimum Gasteiger partial charge on any atom is -0.313 e. The van der Waals surface area contributed by atoms with Crippen LogP contribution in [0.1, 0.15) is 20.7 Å². The number of benzene rings is 1. The molecule has 0 saturated carbocycles. The largest absolute Gasteiger partial charge is 0.313 e. The van der Waals surface area contributed by atoms with Crippen LogP contribution in [0.2, 0.25) is 0 Å². The molecule has 0 amide bonds. The summed E-state index contributed by atoms with van der Waals surface area (Å²) in [6, 6.07) is 3.53.